The van der Waals surface area contributed by atoms with Crippen molar-refractivity contribution in [3.63, 3.8) is 0 Å². The summed E-state index contributed by atoms with van der Waals surface area (Å²) in [5, 5.41) is 0. The third-order valence-electron chi connectivity index (χ3n) is 2.91. The van der Waals surface area contributed by atoms with Crippen LogP contribution in [-0.4, -0.2) is 0 Å². The minimum atomic E-state index is 0.475. The highest BCUT2D eigenvalue weighted by Crippen LogP contribution is 2.30. The molecule has 1 atom stereocenters. The molecule has 1 heteroatoms. The molecule has 1 aromatic rings. The van der Waals surface area contributed by atoms with Gasteiger partial charge in [0.2, 0.25) is 0 Å². The van der Waals surface area contributed by atoms with Crippen molar-refractivity contribution in [1.29, 1.82) is 0 Å². The monoisotopic (exact) mass is 272 g/mol. The van der Waals surface area contributed by atoms with E-state index in [1.54, 1.807) is 0 Å². The predicted molar refractivity (Wildman–Crippen MR) is 89.8 cm³/mol. The third-order valence-corrected chi connectivity index (χ3v) is 4.24. The van der Waals surface area contributed by atoms with Crippen LogP contribution in [0.15, 0.2) is 54.7 Å². The van der Waals surface area contributed by atoms with Crippen LogP contribution in [0, 0.1) is 0 Å². The maximum Gasteiger partial charge on any atom is 0.0342 e. The zero-order valence-corrected chi connectivity index (χ0v) is 13.2. The van der Waals surface area contributed by atoms with Crippen molar-refractivity contribution in [3.8, 4) is 0 Å². The van der Waals surface area contributed by atoms with Crippen molar-refractivity contribution in [3.05, 3.63) is 64.4 Å². The Kier molecular flexibility index (Phi) is 7.20. The molecule has 0 aliphatic rings. The molecule has 1 aromatic heterocycles. The molecule has 1 heterocycles. The summed E-state index contributed by atoms with van der Waals surface area (Å²) < 4.78 is 0. The van der Waals surface area contributed by atoms with E-state index in [4.69, 9.17) is 0 Å². The van der Waals surface area contributed by atoms with Crippen LogP contribution in [0.25, 0.3) is 5.57 Å². The topological polar surface area (TPSA) is 0 Å². The number of thiophene rings is 1. The first-order valence-corrected chi connectivity index (χ1v) is 7.77. The fourth-order valence-electron chi connectivity index (χ4n) is 1.75. The summed E-state index contributed by atoms with van der Waals surface area (Å²) in [6.07, 6.45) is 16.2. The number of hydrogen-bond donors (Lipinski definition) is 0. The van der Waals surface area contributed by atoms with Crippen LogP contribution in [0.2, 0.25) is 0 Å². The van der Waals surface area contributed by atoms with E-state index >= 15 is 0 Å². The van der Waals surface area contributed by atoms with Crippen molar-refractivity contribution in [2.45, 2.75) is 40.0 Å². The van der Waals surface area contributed by atoms with Crippen LogP contribution in [0.5, 0.6) is 0 Å². The van der Waals surface area contributed by atoms with Gasteiger partial charge in [0, 0.05) is 15.7 Å². The van der Waals surface area contributed by atoms with Crippen molar-refractivity contribution in [2.75, 3.05) is 0 Å². The van der Waals surface area contributed by atoms with Crippen LogP contribution in [-0.2, 0) is 0 Å². The van der Waals surface area contributed by atoms with Gasteiger partial charge in [-0.25, -0.2) is 0 Å². The largest absolute Gasteiger partial charge is 0.140 e. The van der Waals surface area contributed by atoms with Gasteiger partial charge < -0.3 is 0 Å². The van der Waals surface area contributed by atoms with Crippen molar-refractivity contribution >= 4 is 16.9 Å². The van der Waals surface area contributed by atoms with Crippen molar-refractivity contribution in [2.24, 2.45) is 0 Å². The molecule has 0 aliphatic heterocycles. The summed E-state index contributed by atoms with van der Waals surface area (Å²) in [7, 11) is 0. The summed E-state index contributed by atoms with van der Waals surface area (Å²) in [6, 6.07) is 4.48. The number of hydrogen-bond acceptors (Lipinski definition) is 1. The molecule has 0 N–H and O–H groups in total. The summed E-state index contributed by atoms with van der Waals surface area (Å²) in [5.41, 5.74) is 1.32. The quantitative estimate of drug-likeness (QED) is 0.529. The first-order chi connectivity index (χ1) is 9.22. The van der Waals surface area contributed by atoms with Gasteiger partial charge in [0.25, 0.3) is 0 Å². The van der Waals surface area contributed by atoms with Gasteiger partial charge in [-0.2, -0.15) is 0 Å². The Hall–Kier alpha value is -1.34. The minimum absolute atomic E-state index is 0.475. The normalized spacial score (nSPS) is 15.1. The molecule has 0 radical (unpaired) electrons. The van der Waals surface area contributed by atoms with E-state index in [0.29, 0.717) is 5.92 Å². The Morgan fingerprint density at radius 3 is 2.68 bits per heavy atom. The van der Waals surface area contributed by atoms with Gasteiger partial charge in [-0.1, -0.05) is 56.4 Å². The second kappa shape index (κ2) is 8.71. The van der Waals surface area contributed by atoms with Crippen molar-refractivity contribution in [1.82, 2.24) is 0 Å². The lowest BCUT2D eigenvalue weighted by atomic mass is 10.1. The lowest BCUT2D eigenvalue weighted by Crippen LogP contribution is -1.82. The zero-order valence-electron chi connectivity index (χ0n) is 12.4. The van der Waals surface area contributed by atoms with Crippen LogP contribution >= 0.6 is 11.3 Å². The first kappa shape index (κ1) is 15.7. The fourth-order valence-corrected chi connectivity index (χ4v) is 2.85. The Bertz CT molecular complexity index is 484. The number of rotatable bonds is 6. The fraction of sp³-hybridized carbons (Fsp3) is 0.333. The van der Waals surface area contributed by atoms with Crippen LogP contribution in [0.4, 0.5) is 0 Å². The molecule has 102 valence electrons. The van der Waals surface area contributed by atoms with Gasteiger partial charge in [0.15, 0.2) is 0 Å². The predicted octanol–water partition coefficient (Wildman–Crippen LogP) is 6.35. The standard InChI is InChI=1S/C18H24S/c1-5-8-10-11-15(4)17-13-14-18(19-17)16(7-3)12-9-6-2/h5,7-15H,6H2,1-4H3/b8-5-,11-10-,12-9-,16-7+. The summed E-state index contributed by atoms with van der Waals surface area (Å²) in [6.45, 7) is 8.55. The highest BCUT2D eigenvalue weighted by atomic mass is 32.1. The second-order valence-electron chi connectivity index (χ2n) is 4.46. The molecule has 0 nitrogen and oxygen atoms in total. The van der Waals surface area contributed by atoms with Gasteiger partial charge in [-0.15, -0.1) is 11.3 Å². The molecule has 19 heavy (non-hydrogen) atoms. The maximum atomic E-state index is 2.24. The van der Waals surface area contributed by atoms with Crippen LogP contribution in [0.3, 0.4) is 0 Å². The van der Waals surface area contributed by atoms with E-state index < -0.39 is 0 Å². The van der Waals surface area contributed by atoms with Crippen molar-refractivity contribution < 1.29 is 0 Å². The zero-order chi connectivity index (χ0) is 14.1. The van der Waals surface area contributed by atoms with Gasteiger partial charge in [-0.05, 0) is 38.0 Å². The van der Waals surface area contributed by atoms with E-state index in [-0.39, 0.29) is 0 Å². The average Bonchev–Trinajstić information content (AvgIpc) is 2.89. The highest BCUT2D eigenvalue weighted by molar-refractivity contribution is 7.13. The number of allylic oxidation sites excluding steroid dienone is 8. The van der Waals surface area contributed by atoms with Gasteiger partial charge in [-0.3, -0.25) is 0 Å². The highest BCUT2D eigenvalue weighted by Gasteiger charge is 2.07. The molecule has 0 aliphatic carbocycles. The van der Waals surface area contributed by atoms with Crippen LogP contribution < -0.4 is 0 Å². The van der Waals surface area contributed by atoms with E-state index in [1.807, 2.05) is 18.3 Å². The molecular formula is C18H24S. The second-order valence-corrected chi connectivity index (χ2v) is 5.57. The molecule has 0 saturated heterocycles. The lowest BCUT2D eigenvalue weighted by molar-refractivity contribution is 0.997. The Labute approximate surface area is 121 Å². The summed E-state index contributed by atoms with van der Waals surface area (Å²) >= 11 is 1.89. The average molecular weight is 272 g/mol. The molecule has 1 rings (SSSR count). The van der Waals surface area contributed by atoms with Gasteiger partial charge >= 0.3 is 0 Å². The van der Waals surface area contributed by atoms with E-state index in [0.717, 1.165) is 6.42 Å². The molecule has 1 unspecified atom stereocenters. The van der Waals surface area contributed by atoms with E-state index in [9.17, 15) is 0 Å². The lowest BCUT2D eigenvalue weighted by Gasteiger charge is -2.01. The van der Waals surface area contributed by atoms with Gasteiger partial charge in [0.1, 0.15) is 0 Å². The van der Waals surface area contributed by atoms with Gasteiger partial charge in [0.05, 0.1) is 0 Å². The molecule has 0 fully saturated rings. The van der Waals surface area contributed by atoms with E-state index in [1.165, 1.54) is 15.3 Å². The van der Waals surface area contributed by atoms with E-state index in [2.05, 4.69) is 75.4 Å². The van der Waals surface area contributed by atoms with Crippen LogP contribution in [0.1, 0.15) is 49.8 Å². The Balaban J connectivity index is 2.84. The summed E-state index contributed by atoms with van der Waals surface area (Å²) in [5.74, 6) is 0.475. The third kappa shape index (κ3) is 5.04. The molecule has 0 saturated carbocycles. The Morgan fingerprint density at radius 2 is 2.05 bits per heavy atom. The molecular weight excluding hydrogens is 248 g/mol. The first-order valence-electron chi connectivity index (χ1n) is 6.95. The Morgan fingerprint density at radius 1 is 1.26 bits per heavy atom. The molecule has 0 bridgehead atoms. The summed E-state index contributed by atoms with van der Waals surface area (Å²) in [4.78, 5) is 2.77. The molecule has 0 amide bonds. The molecule has 0 spiro atoms. The maximum absolute atomic E-state index is 2.24. The minimum Gasteiger partial charge on any atom is -0.140 e. The molecule has 0 aromatic carbocycles. The smallest absolute Gasteiger partial charge is 0.0342 e. The SMILES string of the molecule is C/C=C\C=C/C(C)c1ccc(C(/C=C\CC)=C/C)s1.